The van der Waals surface area contributed by atoms with Crippen LogP contribution in [0.3, 0.4) is 0 Å². The van der Waals surface area contributed by atoms with Crippen molar-refractivity contribution in [2.45, 2.75) is 129 Å². The second-order valence-corrected chi connectivity index (χ2v) is 7.55. The van der Waals surface area contributed by atoms with E-state index in [9.17, 15) is 4.79 Å². The molecule has 26 heavy (non-hydrogen) atoms. The van der Waals surface area contributed by atoms with Crippen LogP contribution in [0.5, 0.6) is 0 Å². The summed E-state index contributed by atoms with van der Waals surface area (Å²) in [5.74, 6) is -0.0338. The third-order valence-electron chi connectivity index (χ3n) is 4.95. The fourth-order valence-corrected chi connectivity index (χ4v) is 3.28. The predicted molar refractivity (Wildman–Crippen MR) is 115 cm³/mol. The van der Waals surface area contributed by atoms with E-state index in [0.29, 0.717) is 13.0 Å². The van der Waals surface area contributed by atoms with Crippen LogP contribution in [0.4, 0.5) is 0 Å². The first-order valence-corrected chi connectivity index (χ1v) is 11.6. The van der Waals surface area contributed by atoms with Gasteiger partial charge in [0.2, 0.25) is 0 Å². The zero-order valence-electron chi connectivity index (χ0n) is 17.9. The SMILES string of the molecule is CCCCCCCCC=CCCCCCCCCCCCC(=O)OCC. The Morgan fingerprint density at radius 3 is 1.50 bits per heavy atom. The summed E-state index contributed by atoms with van der Waals surface area (Å²) in [6.45, 7) is 4.65. The summed E-state index contributed by atoms with van der Waals surface area (Å²) >= 11 is 0. The molecule has 0 saturated carbocycles. The van der Waals surface area contributed by atoms with E-state index in [2.05, 4.69) is 19.1 Å². The average Bonchev–Trinajstić information content (AvgIpc) is 2.64. The molecule has 0 rings (SSSR count). The Labute approximate surface area is 164 Å². The lowest BCUT2D eigenvalue weighted by Crippen LogP contribution is -2.03. The first kappa shape index (κ1) is 25.2. The molecule has 0 aromatic rings. The van der Waals surface area contributed by atoms with Crippen molar-refractivity contribution < 1.29 is 9.53 Å². The van der Waals surface area contributed by atoms with E-state index < -0.39 is 0 Å². The number of hydrogen-bond acceptors (Lipinski definition) is 2. The van der Waals surface area contributed by atoms with Crippen molar-refractivity contribution in [1.29, 1.82) is 0 Å². The van der Waals surface area contributed by atoms with Gasteiger partial charge in [-0.05, 0) is 39.0 Å². The van der Waals surface area contributed by atoms with Crippen LogP contribution in [-0.4, -0.2) is 12.6 Å². The molecule has 0 N–H and O–H groups in total. The summed E-state index contributed by atoms with van der Waals surface area (Å²) in [6.07, 6.45) is 27.9. The number of rotatable bonds is 20. The van der Waals surface area contributed by atoms with E-state index in [1.165, 1.54) is 103 Å². The Kier molecular flexibility index (Phi) is 21.6. The molecule has 0 aromatic carbocycles. The summed E-state index contributed by atoms with van der Waals surface area (Å²) in [4.78, 5) is 11.2. The van der Waals surface area contributed by atoms with Gasteiger partial charge in [-0.2, -0.15) is 0 Å². The molecule has 0 aliphatic carbocycles. The highest BCUT2D eigenvalue weighted by molar-refractivity contribution is 5.69. The topological polar surface area (TPSA) is 26.3 Å². The van der Waals surface area contributed by atoms with Crippen LogP contribution in [0.25, 0.3) is 0 Å². The fourth-order valence-electron chi connectivity index (χ4n) is 3.28. The molecule has 0 aliphatic heterocycles. The lowest BCUT2D eigenvalue weighted by molar-refractivity contribution is -0.143. The summed E-state index contributed by atoms with van der Waals surface area (Å²) < 4.78 is 4.94. The summed E-state index contributed by atoms with van der Waals surface area (Å²) in [6, 6.07) is 0. The number of unbranched alkanes of at least 4 members (excludes halogenated alkanes) is 15. The molecule has 0 heterocycles. The minimum atomic E-state index is -0.0338. The molecule has 0 bridgehead atoms. The molecule has 0 aromatic heterocycles. The second kappa shape index (κ2) is 22.3. The van der Waals surface area contributed by atoms with E-state index in [4.69, 9.17) is 4.74 Å². The number of allylic oxidation sites excluding steroid dienone is 2. The molecular weight excluding hydrogens is 320 g/mol. The maximum absolute atomic E-state index is 11.2. The molecule has 0 radical (unpaired) electrons. The van der Waals surface area contributed by atoms with Crippen LogP contribution in [0.15, 0.2) is 12.2 Å². The molecule has 0 atom stereocenters. The number of esters is 1. The number of carbonyl (C=O) groups excluding carboxylic acids is 1. The van der Waals surface area contributed by atoms with E-state index in [1.54, 1.807) is 0 Å². The van der Waals surface area contributed by atoms with Gasteiger partial charge in [0.25, 0.3) is 0 Å². The molecule has 2 nitrogen and oxygen atoms in total. The maximum atomic E-state index is 11.2. The van der Waals surface area contributed by atoms with Gasteiger partial charge < -0.3 is 4.74 Å². The average molecular weight is 367 g/mol. The first-order valence-electron chi connectivity index (χ1n) is 11.6. The molecule has 0 unspecified atom stereocenters. The number of carbonyl (C=O) groups is 1. The van der Waals surface area contributed by atoms with Crippen LogP contribution in [0.2, 0.25) is 0 Å². The lowest BCUT2D eigenvalue weighted by Gasteiger charge is -2.03. The van der Waals surface area contributed by atoms with Gasteiger partial charge in [0, 0.05) is 6.42 Å². The highest BCUT2D eigenvalue weighted by atomic mass is 16.5. The van der Waals surface area contributed by atoms with Gasteiger partial charge in [-0.15, -0.1) is 0 Å². The van der Waals surface area contributed by atoms with E-state index in [0.717, 1.165) is 6.42 Å². The zero-order chi connectivity index (χ0) is 19.1. The van der Waals surface area contributed by atoms with Gasteiger partial charge in [0.15, 0.2) is 0 Å². The zero-order valence-corrected chi connectivity index (χ0v) is 17.9. The van der Waals surface area contributed by atoms with E-state index in [-0.39, 0.29) is 5.97 Å². The normalized spacial score (nSPS) is 11.3. The predicted octanol–water partition coefficient (Wildman–Crippen LogP) is 8.15. The maximum Gasteiger partial charge on any atom is 0.305 e. The second-order valence-electron chi connectivity index (χ2n) is 7.55. The van der Waals surface area contributed by atoms with Crippen LogP contribution in [-0.2, 0) is 9.53 Å². The standard InChI is InChI=1S/C24H46O2/c1-3-5-6-7-8-9-10-11-12-13-14-15-16-17-18-19-20-21-22-23-24(25)26-4-2/h11-12H,3-10,13-23H2,1-2H3. The molecular formula is C24H46O2. The molecule has 0 spiro atoms. The molecule has 0 aliphatic rings. The Morgan fingerprint density at radius 1 is 0.615 bits per heavy atom. The Balaban J connectivity index is 3.10. The minimum Gasteiger partial charge on any atom is -0.466 e. The third kappa shape index (κ3) is 21.3. The number of ether oxygens (including phenoxy) is 1. The van der Waals surface area contributed by atoms with Crippen molar-refractivity contribution in [2.24, 2.45) is 0 Å². The first-order chi connectivity index (χ1) is 12.8. The van der Waals surface area contributed by atoms with E-state index >= 15 is 0 Å². The Hall–Kier alpha value is -0.790. The van der Waals surface area contributed by atoms with E-state index in [1.807, 2.05) is 6.92 Å². The summed E-state index contributed by atoms with van der Waals surface area (Å²) in [5, 5.41) is 0. The van der Waals surface area contributed by atoms with Gasteiger partial charge in [-0.3, -0.25) is 4.79 Å². The van der Waals surface area contributed by atoms with Crippen molar-refractivity contribution in [3.63, 3.8) is 0 Å². The molecule has 0 saturated heterocycles. The molecule has 154 valence electrons. The Bertz CT molecular complexity index is 309. The summed E-state index contributed by atoms with van der Waals surface area (Å²) in [7, 11) is 0. The van der Waals surface area contributed by atoms with Gasteiger partial charge in [0.05, 0.1) is 6.61 Å². The van der Waals surface area contributed by atoms with Crippen molar-refractivity contribution in [3.8, 4) is 0 Å². The van der Waals surface area contributed by atoms with Crippen LogP contribution >= 0.6 is 0 Å². The third-order valence-corrected chi connectivity index (χ3v) is 4.95. The number of hydrogen-bond donors (Lipinski definition) is 0. The monoisotopic (exact) mass is 366 g/mol. The smallest absolute Gasteiger partial charge is 0.305 e. The quantitative estimate of drug-likeness (QED) is 0.123. The van der Waals surface area contributed by atoms with Crippen LogP contribution in [0, 0.1) is 0 Å². The largest absolute Gasteiger partial charge is 0.466 e. The van der Waals surface area contributed by atoms with Crippen LogP contribution < -0.4 is 0 Å². The van der Waals surface area contributed by atoms with Crippen molar-refractivity contribution in [1.82, 2.24) is 0 Å². The molecule has 2 heteroatoms. The lowest BCUT2D eigenvalue weighted by atomic mass is 10.1. The highest BCUT2D eigenvalue weighted by Crippen LogP contribution is 2.12. The summed E-state index contributed by atoms with van der Waals surface area (Å²) in [5.41, 5.74) is 0. The van der Waals surface area contributed by atoms with Gasteiger partial charge in [-0.1, -0.05) is 96.1 Å². The fraction of sp³-hybridized carbons (Fsp3) is 0.875. The van der Waals surface area contributed by atoms with Crippen molar-refractivity contribution in [2.75, 3.05) is 6.61 Å². The van der Waals surface area contributed by atoms with Crippen LogP contribution in [0.1, 0.15) is 129 Å². The molecule has 0 amide bonds. The minimum absolute atomic E-state index is 0.0338. The Morgan fingerprint density at radius 2 is 1.04 bits per heavy atom. The van der Waals surface area contributed by atoms with Crippen molar-refractivity contribution in [3.05, 3.63) is 12.2 Å². The van der Waals surface area contributed by atoms with Crippen molar-refractivity contribution >= 4 is 5.97 Å². The van der Waals surface area contributed by atoms with Gasteiger partial charge >= 0.3 is 5.97 Å². The molecule has 0 fully saturated rings. The highest BCUT2D eigenvalue weighted by Gasteiger charge is 2.00. The van der Waals surface area contributed by atoms with Gasteiger partial charge in [-0.25, -0.2) is 0 Å². The van der Waals surface area contributed by atoms with Gasteiger partial charge in [0.1, 0.15) is 0 Å².